The molecule has 0 aromatic carbocycles. The third kappa shape index (κ3) is 4.73. The van der Waals surface area contributed by atoms with Gasteiger partial charge in [0, 0.05) is 12.6 Å². The Morgan fingerprint density at radius 2 is 1.92 bits per heavy atom. The normalized spacial score (nSPS) is 13.8. The summed E-state index contributed by atoms with van der Waals surface area (Å²) in [6, 6.07) is 0.673. The van der Waals surface area contributed by atoms with Crippen LogP contribution in [0.25, 0.3) is 0 Å². The average Bonchev–Trinajstić information content (AvgIpc) is 2.06. The smallest absolute Gasteiger partial charge is 0.0215 e. The summed E-state index contributed by atoms with van der Waals surface area (Å²) in [7, 11) is 2.02. The summed E-state index contributed by atoms with van der Waals surface area (Å²) in [5.74, 6) is 0. The van der Waals surface area contributed by atoms with E-state index in [0.717, 1.165) is 0 Å². The molecule has 0 heterocycles. The summed E-state index contributed by atoms with van der Waals surface area (Å²) in [6.07, 6.45) is 5.11. The summed E-state index contributed by atoms with van der Waals surface area (Å²) in [4.78, 5) is 0. The van der Waals surface area contributed by atoms with Crippen molar-refractivity contribution in [2.45, 2.75) is 52.5 Å². The Hall–Kier alpha value is -0.0800. The van der Waals surface area contributed by atoms with Crippen molar-refractivity contribution < 1.29 is 0 Å². The summed E-state index contributed by atoms with van der Waals surface area (Å²) >= 11 is 0. The Morgan fingerprint density at radius 3 is 2.33 bits per heavy atom. The lowest BCUT2D eigenvalue weighted by atomic mass is 10.2. The molecule has 0 aromatic heterocycles. The molecule has 0 aliphatic carbocycles. The molecule has 74 valence electrons. The van der Waals surface area contributed by atoms with E-state index in [1.54, 1.807) is 0 Å². The third-order valence-electron chi connectivity index (χ3n) is 2.28. The van der Waals surface area contributed by atoms with Crippen LogP contribution in [0, 0.1) is 0 Å². The Labute approximate surface area is 77.3 Å². The van der Waals surface area contributed by atoms with Crippen molar-refractivity contribution in [3.05, 3.63) is 0 Å². The number of hydrogen-bond donors (Lipinski definition) is 1. The minimum absolute atomic E-state index is 0.673. The molecule has 1 atom stereocenters. The van der Waals surface area contributed by atoms with Gasteiger partial charge in [0.05, 0.1) is 0 Å². The largest absolute Gasteiger partial charge is 0.258 e. The maximum atomic E-state index is 3.25. The van der Waals surface area contributed by atoms with Crippen LogP contribution < -0.4 is 5.43 Å². The molecule has 0 spiro atoms. The van der Waals surface area contributed by atoms with E-state index in [9.17, 15) is 0 Å². The first-order chi connectivity index (χ1) is 5.76. The number of hydrogen-bond acceptors (Lipinski definition) is 2. The average molecular weight is 172 g/mol. The Balaban J connectivity index is 3.62. The molecule has 0 fully saturated rings. The van der Waals surface area contributed by atoms with E-state index >= 15 is 0 Å². The summed E-state index contributed by atoms with van der Waals surface area (Å²) in [5, 5.41) is 2.34. The zero-order chi connectivity index (χ0) is 9.40. The molecule has 1 unspecified atom stereocenters. The lowest BCUT2D eigenvalue weighted by molar-refractivity contribution is 0.139. The van der Waals surface area contributed by atoms with Crippen molar-refractivity contribution in [3.63, 3.8) is 0 Å². The number of hydrazine groups is 1. The van der Waals surface area contributed by atoms with E-state index in [-0.39, 0.29) is 0 Å². The lowest BCUT2D eigenvalue weighted by Gasteiger charge is -2.27. The third-order valence-corrected chi connectivity index (χ3v) is 2.28. The SMILES string of the molecule is CCCCN(NC)C(C)CCC. The molecule has 0 aliphatic rings. The highest BCUT2D eigenvalue weighted by atomic mass is 15.5. The molecular weight excluding hydrogens is 148 g/mol. The van der Waals surface area contributed by atoms with Gasteiger partial charge in [-0.1, -0.05) is 26.7 Å². The fraction of sp³-hybridized carbons (Fsp3) is 1.00. The number of nitrogens with one attached hydrogen (secondary N) is 1. The predicted octanol–water partition coefficient (Wildman–Crippen LogP) is 2.41. The molecule has 0 aromatic rings. The fourth-order valence-electron chi connectivity index (χ4n) is 1.45. The van der Waals surface area contributed by atoms with Crippen molar-refractivity contribution in [2.24, 2.45) is 0 Å². The van der Waals surface area contributed by atoms with Crippen molar-refractivity contribution in [2.75, 3.05) is 13.6 Å². The quantitative estimate of drug-likeness (QED) is 0.593. The van der Waals surface area contributed by atoms with Crippen molar-refractivity contribution >= 4 is 0 Å². The zero-order valence-electron chi connectivity index (χ0n) is 9.06. The number of rotatable bonds is 7. The van der Waals surface area contributed by atoms with E-state index < -0.39 is 0 Å². The first-order valence-corrected chi connectivity index (χ1v) is 5.20. The van der Waals surface area contributed by atoms with Gasteiger partial charge in [-0.25, -0.2) is 5.01 Å². The van der Waals surface area contributed by atoms with Gasteiger partial charge >= 0.3 is 0 Å². The van der Waals surface area contributed by atoms with Crippen LogP contribution in [-0.2, 0) is 0 Å². The van der Waals surface area contributed by atoms with Crippen LogP contribution in [0.15, 0.2) is 0 Å². The van der Waals surface area contributed by atoms with Crippen LogP contribution in [0.4, 0.5) is 0 Å². The Bertz CT molecular complexity index is 93.8. The van der Waals surface area contributed by atoms with Gasteiger partial charge < -0.3 is 0 Å². The molecule has 1 N–H and O–H groups in total. The minimum Gasteiger partial charge on any atom is -0.258 e. The van der Waals surface area contributed by atoms with E-state index in [4.69, 9.17) is 0 Å². The molecule has 2 heteroatoms. The zero-order valence-corrected chi connectivity index (χ0v) is 9.06. The highest BCUT2D eigenvalue weighted by Crippen LogP contribution is 2.04. The van der Waals surface area contributed by atoms with Gasteiger partial charge in [-0.3, -0.25) is 5.43 Å². The Morgan fingerprint density at radius 1 is 1.25 bits per heavy atom. The van der Waals surface area contributed by atoms with Crippen LogP contribution in [0.5, 0.6) is 0 Å². The molecule has 0 saturated heterocycles. The van der Waals surface area contributed by atoms with E-state index in [1.807, 2.05) is 7.05 Å². The van der Waals surface area contributed by atoms with Crippen LogP contribution >= 0.6 is 0 Å². The van der Waals surface area contributed by atoms with Crippen molar-refractivity contribution in [1.29, 1.82) is 0 Å². The molecule has 0 rings (SSSR count). The number of nitrogens with zero attached hydrogens (tertiary/aromatic N) is 1. The molecule has 2 nitrogen and oxygen atoms in total. The molecule has 0 amide bonds. The van der Waals surface area contributed by atoms with Gasteiger partial charge in [0.15, 0.2) is 0 Å². The van der Waals surface area contributed by atoms with E-state index in [2.05, 4.69) is 31.2 Å². The van der Waals surface area contributed by atoms with Gasteiger partial charge in [0.25, 0.3) is 0 Å². The summed E-state index contributed by atoms with van der Waals surface area (Å²) in [6.45, 7) is 7.94. The van der Waals surface area contributed by atoms with Crippen LogP contribution in [0.3, 0.4) is 0 Å². The molecular formula is C10H24N2. The molecule has 0 saturated carbocycles. The van der Waals surface area contributed by atoms with Gasteiger partial charge in [-0.05, 0) is 26.8 Å². The van der Waals surface area contributed by atoms with Crippen LogP contribution in [0.1, 0.15) is 46.5 Å². The topological polar surface area (TPSA) is 15.3 Å². The fourth-order valence-corrected chi connectivity index (χ4v) is 1.45. The van der Waals surface area contributed by atoms with Crippen LogP contribution in [-0.4, -0.2) is 24.6 Å². The maximum absolute atomic E-state index is 3.25. The standard InChI is InChI=1S/C10H24N2/c1-5-7-9-12(11-4)10(3)8-6-2/h10-11H,5-9H2,1-4H3. The summed E-state index contributed by atoms with van der Waals surface area (Å²) in [5.41, 5.74) is 3.25. The summed E-state index contributed by atoms with van der Waals surface area (Å²) < 4.78 is 0. The predicted molar refractivity (Wildman–Crippen MR) is 55.0 cm³/mol. The number of unbranched alkanes of at least 4 members (excludes halogenated alkanes) is 1. The second-order valence-electron chi connectivity index (χ2n) is 3.41. The van der Waals surface area contributed by atoms with Gasteiger partial charge in [-0.15, -0.1) is 0 Å². The molecule has 0 aliphatic heterocycles. The van der Waals surface area contributed by atoms with E-state index in [1.165, 1.54) is 32.2 Å². The highest BCUT2D eigenvalue weighted by molar-refractivity contribution is 4.61. The van der Waals surface area contributed by atoms with Crippen LogP contribution in [0.2, 0.25) is 0 Å². The first-order valence-electron chi connectivity index (χ1n) is 5.20. The molecule has 0 bridgehead atoms. The molecule has 0 radical (unpaired) electrons. The second kappa shape index (κ2) is 7.56. The first kappa shape index (κ1) is 11.9. The van der Waals surface area contributed by atoms with Gasteiger partial charge in [0.2, 0.25) is 0 Å². The second-order valence-corrected chi connectivity index (χ2v) is 3.41. The lowest BCUT2D eigenvalue weighted by Crippen LogP contribution is -2.42. The molecule has 12 heavy (non-hydrogen) atoms. The maximum Gasteiger partial charge on any atom is 0.0215 e. The van der Waals surface area contributed by atoms with Gasteiger partial charge in [0.1, 0.15) is 0 Å². The monoisotopic (exact) mass is 172 g/mol. The van der Waals surface area contributed by atoms with Crippen molar-refractivity contribution in [3.8, 4) is 0 Å². The van der Waals surface area contributed by atoms with Crippen molar-refractivity contribution in [1.82, 2.24) is 10.4 Å². The highest BCUT2D eigenvalue weighted by Gasteiger charge is 2.09. The minimum atomic E-state index is 0.673. The Kier molecular flexibility index (Phi) is 7.51. The van der Waals surface area contributed by atoms with E-state index in [0.29, 0.717) is 6.04 Å². The van der Waals surface area contributed by atoms with Gasteiger partial charge in [-0.2, -0.15) is 0 Å².